The number of nitrogens with one attached hydrogen (secondary N) is 3. The van der Waals surface area contributed by atoms with Gasteiger partial charge in [0.25, 0.3) is 33.0 Å². The van der Waals surface area contributed by atoms with Crippen molar-refractivity contribution in [3.8, 4) is 40.3 Å². The van der Waals surface area contributed by atoms with Crippen molar-refractivity contribution in [2.45, 2.75) is 123 Å². The number of carboxylic acids is 1. The lowest BCUT2D eigenvalue weighted by Crippen LogP contribution is -2.31. The molecule has 544 valence electrons. The van der Waals surface area contributed by atoms with E-state index >= 15 is 0 Å². The Labute approximate surface area is 598 Å². The number of amides is 2. The second-order valence-electron chi connectivity index (χ2n) is 25.2. The summed E-state index contributed by atoms with van der Waals surface area (Å²) < 4.78 is 88.5. The Morgan fingerprint density at radius 3 is 2.01 bits per heavy atom. The molecule has 2 amide bonds. The molecule has 1 fully saturated rings. The summed E-state index contributed by atoms with van der Waals surface area (Å²) in [5.74, 6) is -1.37. The number of ketones is 1. The number of aromatic nitrogens is 5. The number of carbonyl (C=O) groups excluding carboxylic acids is 4. The van der Waals surface area contributed by atoms with Gasteiger partial charge in [-0.05, 0) is 174 Å². The molecule has 103 heavy (non-hydrogen) atoms. The van der Waals surface area contributed by atoms with Crippen molar-refractivity contribution in [3.05, 3.63) is 197 Å². The van der Waals surface area contributed by atoms with Crippen LogP contribution < -0.4 is 40.1 Å². The molecule has 1 atom stereocenters. The number of rotatable bonds is 19. The molecule has 9 aromatic rings. The number of benzene rings is 6. The number of H-pyrrole nitrogens is 1. The van der Waals surface area contributed by atoms with Crippen LogP contribution in [0.1, 0.15) is 125 Å². The second kappa shape index (κ2) is 32.6. The Bertz CT molecular complexity index is 5060. The molecule has 12 rings (SSSR count). The lowest BCUT2D eigenvalue weighted by Gasteiger charge is -2.19. The van der Waals surface area contributed by atoms with Gasteiger partial charge in [0, 0.05) is 59.7 Å². The third kappa shape index (κ3) is 18.5. The number of aryl methyl sites for hydroxylation is 4. The maximum Gasteiger partial charge on any atom is 0.400 e. The molecule has 0 spiro atoms. The summed E-state index contributed by atoms with van der Waals surface area (Å²) in [6, 6.07) is 30.6. The molecule has 2 aliphatic heterocycles. The van der Waals surface area contributed by atoms with E-state index < -0.39 is 54.6 Å². The standard InChI is InChI=1S/C23H32N2O4.C18H18N2O5S.C16H12ClNO5.C16H17N3O5S/c1-7-16-13-15(3)14-17(8-2)18(16)19-20(26)24-9-11-28-12-10-25(24)21(19)29-22(27)23(4,5)6;1-25-16-5-3-2-4-15(16)18(22)20-26(23,24)14-10-6-12(7-11-14)17(21)19-13-8-9-13;1-9(15(19)20)21-11-3-5-12(6-4-11)22-16-18-13-7-2-10(17)8-14(13)23-16;1-9-10(15(20)11-8-17-19(2)16(11)21)4-5-13(25(3,22)23)14(9)12-6-7-24-18-12/h13-14H,7-12H2,1-6H3;2-7,10-11,13H,8-9H2,1H3,(H,19,21)(H,20,22);2-9H,1H3,(H,19,20);4-5,8,17H,6-7H2,1-3H3/t;;9-;/m..1./s1. The van der Waals surface area contributed by atoms with E-state index in [-0.39, 0.29) is 61.8 Å². The minimum Gasteiger partial charge on any atom is -0.496 e. The van der Waals surface area contributed by atoms with Gasteiger partial charge in [0.1, 0.15) is 40.5 Å². The topological polar surface area (TPSA) is 356 Å². The third-order valence-corrected chi connectivity index (χ3v) is 19.1. The highest BCUT2D eigenvalue weighted by Gasteiger charge is 2.34. The summed E-state index contributed by atoms with van der Waals surface area (Å²) in [4.78, 5) is 95.3. The van der Waals surface area contributed by atoms with Crippen molar-refractivity contribution < 1.29 is 78.9 Å². The van der Waals surface area contributed by atoms with Crippen LogP contribution >= 0.6 is 11.6 Å². The fraction of sp³-hybridized carbons (Fsp3) is 0.329. The van der Waals surface area contributed by atoms with Crippen molar-refractivity contribution in [1.82, 2.24) is 34.2 Å². The van der Waals surface area contributed by atoms with Crippen LogP contribution in [-0.2, 0) is 72.0 Å². The Morgan fingerprint density at radius 1 is 0.777 bits per heavy atom. The zero-order chi connectivity index (χ0) is 74.8. The van der Waals surface area contributed by atoms with Crippen LogP contribution in [0.15, 0.2) is 150 Å². The lowest BCUT2D eigenvalue weighted by molar-refractivity contribution is -0.144. The number of para-hydroxylation sites is 1. The van der Waals surface area contributed by atoms with Crippen LogP contribution in [0.5, 0.6) is 29.2 Å². The number of fused-ring (bicyclic) bond motifs is 2. The molecule has 1 saturated carbocycles. The van der Waals surface area contributed by atoms with Gasteiger partial charge in [0.05, 0.1) is 59.9 Å². The van der Waals surface area contributed by atoms with E-state index in [1.165, 1.54) is 80.0 Å². The molecule has 1 aliphatic carbocycles. The number of methoxy groups -OCH3 is 1. The number of halogens is 1. The van der Waals surface area contributed by atoms with Gasteiger partial charge in [0.2, 0.25) is 5.88 Å². The highest BCUT2D eigenvalue weighted by atomic mass is 35.5. The van der Waals surface area contributed by atoms with Gasteiger partial charge in [0.15, 0.2) is 27.3 Å². The van der Waals surface area contributed by atoms with Crippen molar-refractivity contribution in [2.75, 3.05) is 33.2 Å². The summed E-state index contributed by atoms with van der Waals surface area (Å²) in [7, 11) is -4.69. The van der Waals surface area contributed by atoms with Gasteiger partial charge in [-0.1, -0.05) is 60.4 Å². The van der Waals surface area contributed by atoms with Crippen LogP contribution in [-0.4, -0.2) is 127 Å². The average Bonchev–Trinajstić information content (AvgIpc) is 1.65. The molecule has 0 unspecified atom stereocenters. The fourth-order valence-electron chi connectivity index (χ4n) is 10.9. The summed E-state index contributed by atoms with van der Waals surface area (Å²) >= 11 is 5.88. The fourth-order valence-corrected chi connectivity index (χ4v) is 12.9. The van der Waals surface area contributed by atoms with E-state index in [1.54, 1.807) is 77.0 Å². The normalized spacial score (nSPS) is 13.7. The summed E-state index contributed by atoms with van der Waals surface area (Å²) in [5, 5.41) is 18.7. The summed E-state index contributed by atoms with van der Waals surface area (Å²) in [6.07, 6.45) is 5.58. The van der Waals surface area contributed by atoms with Gasteiger partial charge >= 0.3 is 18.0 Å². The summed E-state index contributed by atoms with van der Waals surface area (Å²) in [6.45, 7) is 17.0. The SMILES string of the molecule is CCc1cc(C)cc(CC)c1-c1c(OC(=O)C(C)(C)C)n2n(c1=O)CCOCC2.COc1ccccc1C(=O)NS(=O)(=O)c1ccc(C(=O)NC2CC2)cc1.C[C@@H](Oc1ccc(Oc2nc3ccc(Cl)cc3o2)cc1)C(=O)O.Cc1c(C(=O)c2c[nH]n(C)c2=O)ccc(S(C)(=O)=O)c1C1=NOCC1. The molecule has 0 radical (unpaired) electrons. The van der Waals surface area contributed by atoms with Crippen molar-refractivity contribution >= 4 is 77.8 Å². The predicted molar refractivity (Wildman–Crippen MR) is 382 cm³/mol. The number of hydrogen-bond donors (Lipinski definition) is 4. The number of nitrogens with zero attached hydrogens (tertiary/aromatic N) is 5. The van der Waals surface area contributed by atoms with Gasteiger partial charge in [-0.3, -0.25) is 33.4 Å². The maximum absolute atomic E-state index is 13.5. The van der Waals surface area contributed by atoms with Crippen LogP contribution in [0.2, 0.25) is 5.02 Å². The van der Waals surface area contributed by atoms with E-state index in [0.717, 1.165) is 48.6 Å². The zero-order valence-electron chi connectivity index (χ0n) is 58.5. The molecule has 3 aliphatic rings. The van der Waals surface area contributed by atoms with Crippen molar-refractivity contribution in [1.29, 1.82) is 0 Å². The van der Waals surface area contributed by atoms with E-state index in [4.69, 9.17) is 49.6 Å². The number of esters is 1. The van der Waals surface area contributed by atoms with Gasteiger partial charge in [-0.15, -0.1) is 0 Å². The number of carboxylic acid groups (broad SMARTS) is 1. The smallest absolute Gasteiger partial charge is 0.400 e. The number of ether oxygens (including phenoxy) is 5. The number of oxime groups is 1. The zero-order valence-corrected chi connectivity index (χ0v) is 60.9. The Balaban J connectivity index is 0.000000160. The van der Waals surface area contributed by atoms with Gasteiger partial charge in [-0.2, -0.15) is 4.98 Å². The minimum atomic E-state index is -4.07. The first-order valence-electron chi connectivity index (χ1n) is 32.7. The molecule has 27 nitrogen and oxygen atoms in total. The Kier molecular flexibility index (Phi) is 24.2. The monoisotopic (exact) mass is 1470 g/mol. The number of oxazole rings is 1. The summed E-state index contributed by atoms with van der Waals surface area (Å²) in [5.41, 5.74) is 6.75. The first-order chi connectivity index (χ1) is 48.8. The second-order valence-corrected chi connectivity index (χ2v) is 29.3. The molecular formula is C73H79ClN8O19S2. The lowest BCUT2D eigenvalue weighted by atomic mass is 9.91. The predicted octanol–water partition coefficient (Wildman–Crippen LogP) is 10.3. The van der Waals surface area contributed by atoms with Crippen LogP contribution in [0.25, 0.3) is 22.2 Å². The van der Waals surface area contributed by atoms with E-state index in [2.05, 4.69) is 53.5 Å². The Morgan fingerprint density at radius 2 is 1.43 bits per heavy atom. The van der Waals surface area contributed by atoms with Crippen molar-refractivity contribution in [2.24, 2.45) is 17.6 Å². The molecule has 3 aromatic heterocycles. The molecule has 0 bridgehead atoms. The first kappa shape index (κ1) is 76.6. The van der Waals surface area contributed by atoms with Crippen molar-refractivity contribution in [3.63, 3.8) is 0 Å². The average molecular weight is 1470 g/mol. The highest BCUT2D eigenvalue weighted by Crippen LogP contribution is 2.37. The molecule has 5 heterocycles. The molecule has 30 heteroatoms. The largest absolute Gasteiger partial charge is 0.496 e. The Hall–Kier alpha value is -10.6. The van der Waals surface area contributed by atoms with Crippen LogP contribution in [0.3, 0.4) is 0 Å². The van der Waals surface area contributed by atoms with Crippen LogP contribution in [0.4, 0.5) is 0 Å². The molecular weight excluding hydrogens is 1390 g/mol. The molecule has 0 saturated heterocycles. The number of aliphatic carboxylic acids is 1. The van der Waals surface area contributed by atoms with E-state index in [9.17, 15) is 50.4 Å². The maximum atomic E-state index is 13.5. The number of aromatic amines is 1. The minimum absolute atomic E-state index is 0.00623. The van der Waals surface area contributed by atoms with Gasteiger partial charge in [-0.25, -0.2) is 35.7 Å². The molecule has 4 N–H and O–H groups in total. The molecule has 6 aromatic carbocycles. The highest BCUT2D eigenvalue weighted by molar-refractivity contribution is 7.91. The third-order valence-electron chi connectivity index (χ3n) is 16.4. The van der Waals surface area contributed by atoms with E-state index in [1.807, 2.05) is 25.5 Å². The number of sulfone groups is 1. The number of sulfonamides is 1. The quantitative estimate of drug-likeness (QED) is 0.0432. The number of carbonyl (C=O) groups is 5. The number of hydrogen-bond acceptors (Lipinski definition) is 20. The van der Waals surface area contributed by atoms with Gasteiger partial charge < -0.3 is 48.5 Å². The first-order valence-corrected chi connectivity index (χ1v) is 36.5. The van der Waals surface area contributed by atoms with E-state index in [0.29, 0.717) is 101 Å². The van der Waals surface area contributed by atoms with Crippen LogP contribution in [0, 0.1) is 19.3 Å².